The molecule has 0 unspecified atom stereocenters. The van der Waals surface area contributed by atoms with E-state index in [1.807, 2.05) is 52.0 Å². The number of anilines is 2. The first-order valence-corrected chi connectivity index (χ1v) is 15.2. The highest BCUT2D eigenvalue weighted by Gasteiger charge is 2.23. The molecule has 1 aromatic carbocycles. The van der Waals surface area contributed by atoms with Gasteiger partial charge < -0.3 is 15.4 Å². The number of allylic oxidation sites excluding steroid dienone is 1. The minimum absolute atomic E-state index is 0.0365. The smallest absolute Gasteiger partial charge is 0.320 e. The van der Waals surface area contributed by atoms with E-state index < -0.39 is 5.60 Å². The average Bonchev–Trinajstić information content (AvgIpc) is 3.37. The number of hydrazine groups is 2. The highest BCUT2D eigenvalue weighted by molar-refractivity contribution is 6.04. The molecule has 2 aromatic rings. The van der Waals surface area contributed by atoms with Crippen molar-refractivity contribution in [2.45, 2.75) is 106 Å². The van der Waals surface area contributed by atoms with E-state index in [0.717, 1.165) is 29.7 Å². The summed E-state index contributed by atoms with van der Waals surface area (Å²) in [5, 5.41) is 7.80. The number of nitrogens with zero attached hydrogens (tertiary/aromatic N) is 2. The largest absolute Gasteiger partial charge is 0.459 e. The van der Waals surface area contributed by atoms with Gasteiger partial charge >= 0.3 is 5.97 Å². The zero-order valence-electron chi connectivity index (χ0n) is 28.0. The van der Waals surface area contributed by atoms with E-state index in [-0.39, 0.29) is 35.0 Å². The number of benzene rings is 1. The van der Waals surface area contributed by atoms with Gasteiger partial charge in [-0.3, -0.25) is 29.8 Å². The summed E-state index contributed by atoms with van der Waals surface area (Å²) in [4.78, 5) is 42.8. The Balaban J connectivity index is 1.73. The number of aromatic nitrogens is 1. The fourth-order valence-electron chi connectivity index (χ4n) is 4.58. The zero-order valence-corrected chi connectivity index (χ0v) is 28.0. The summed E-state index contributed by atoms with van der Waals surface area (Å²) in [6, 6.07) is 7.57. The fourth-order valence-corrected chi connectivity index (χ4v) is 4.58. The second kappa shape index (κ2) is 13.9. The number of esters is 1. The first-order chi connectivity index (χ1) is 20.3. The molecule has 0 atom stereocenters. The number of carbonyl (C=O) groups is 3. The van der Waals surface area contributed by atoms with Crippen molar-refractivity contribution in [2.75, 3.05) is 16.9 Å². The number of aryl methyl sites for hydroxylation is 1. The Kier molecular flexibility index (Phi) is 11.0. The molecule has 240 valence electrons. The topological polar surface area (TPSA) is 125 Å². The Morgan fingerprint density at radius 1 is 0.977 bits per heavy atom. The molecule has 1 amide bonds. The quantitative estimate of drug-likeness (QED) is 0.234. The zero-order chi connectivity index (χ0) is 32.9. The molecule has 2 heterocycles. The summed E-state index contributed by atoms with van der Waals surface area (Å²) < 4.78 is 5.38. The van der Waals surface area contributed by atoms with Gasteiger partial charge in [-0.05, 0) is 80.7 Å². The second-order valence-electron chi connectivity index (χ2n) is 14.6. The van der Waals surface area contributed by atoms with Crippen molar-refractivity contribution < 1.29 is 19.1 Å². The van der Waals surface area contributed by atoms with Crippen LogP contribution >= 0.6 is 0 Å². The first-order valence-electron chi connectivity index (χ1n) is 15.2. The van der Waals surface area contributed by atoms with Crippen molar-refractivity contribution in [1.82, 2.24) is 21.3 Å². The Morgan fingerprint density at radius 2 is 1.68 bits per heavy atom. The lowest BCUT2D eigenvalue weighted by Crippen LogP contribution is -2.37. The lowest BCUT2D eigenvalue weighted by atomic mass is 9.85. The number of nitrogens with one attached hydrogen (secondary N) is 4. The second-order valence-corrected chi connectivity index (χ2v) is 14.6. The molecule has 0 saturated heterocycles. The highest BCUT2D eigenvalue weighted by atomic mass is 16.6. The molecule has 1 aromatic heterocycles. The number of pyridine rings is 1. The van der Waals surface area contributed by atoms with E-state index in [2.05, 4.69) is 68.1 Å². The summed E-state index contributed by atoms with van der Waals surface area (Å²) >= 11 is 0. The fraction of sp³-hybridized carbons (Fsp3) is 0.529. The number of rotatable bonds is 11. The number of ether oxygens (including phenoxy) is 1. The van der Waals surface area contributed by atoms with Crippen LogP contribution in [0, 0.1) is 12.3 Å². The molecular weight excluding hydrogens is 556 g/mol. The van der Waals surface area contributed by atoms with Crippen molar-refractivity contribution >= 4 is 29.0 Å². The molecule has 0 fully saturated rings. The molecular formula is C34H50N6O4. The van der Waals surface area contributed by atoms with Crippen molar-refractivity contribution in [3.8, 4) is 0 Å². The van der Waals surface area contributed by atoms with Crippen LogP contribution in [0.5, 0.6) is 0 Å². The summed E-state index contributed by atoms with van der Waals surface area (Å²) in [6.45, 7) is 20.6. The molecule has 0 radical (unpaired) electrons. The minimum atomic E-state index is -0.551. The van der Waals surface area contributed by atoms with Crippen LogP contribution in [-0.4, -0.2) is 34.8 Å². The number of ketones is 1. The summed E-state index contributed by atoms with van der Waals surface area (Å²) in [5.74, 6) is -0.576. The third-order valence-corrected chi connectivity index (χ3v) is 6.92. The van der Waals surface area contributed by atoms with Crippen LogP contribution in [0.25, 0.3) is 0 Å². The van der Waals surface area contributed by atoms with E-state index in [1.165, 1.54) is 0 Å². The maximum absolute atomic E-state index is 13.5. The Morgan fingerprint density at radius 3 is 2.32 bits per heavy atom. The van der Waals surface area contributed by atoms with Gasteiger partial charge in [-0.2, -0.15) is 0 Å². The van der Waals surface area contributed by atoms with Gasteiger partial charge in [-0.1, -0.05) is 47.6 Å². The molecule has 0 bridgehead atoms. The van der Waals surface area contributed by atoms with Crippen LogP contribution in [0.15, 0.2) is 42.4 Å². The summed E-state index contributed by atoms with van der Waals surface area (Å²) in [5.41, 5.74) is 10.2. The number of hydrogen-bond acceptors (Lipinski definition) is 9. The van der Waals surface area contributed by atoms with E-state index in [4.69, 9.17) is 4.74 Å². The number of hydrogen-bond donors (Lipinski definition) is 4. The minimum Gasteiger partial charge on any atom is -0.459 e. The standard InChI is InChI=1S/C34H50N6O4/c1-22-28(40-21-27(38-39-40)29(41)12-11-13-32(2,3)4)17-26(19-36-22)37-31(43)24-14-23(15-25(16-24)33(5,6)7)18-35-20-30(42)44-34(8,9)10/h14-17,19,21,35,38-39H,11-13,18,20H2,1-10H3,(H,37,43). The Hall–Kier alpha value is -3.76. The van der Waals surface area contributed by atoms with E-state index in [1.54, 1.807) is 17.4 Å². The summed E-state index contributed by atoms with van der Waals surface area (Å²) in [7, 11) is 0. The van der Waals surface area contributed by atoms with Crippen LogP contribution in [0.1, 0.15) is 109 Å². The van der Waals surface area contributed by atoms with E-state index in [9.17, 15) is 14.4 Å². The van der Waals surface area contributed by atoms with Crippen molar-refractivity contribution in [1.29, 1.82) is 0 Å². The van der Waals surface area contributed by atoms with Crippen LogP contribution < -0.4 is 26.6 Å². The molecule has 4 N–H and O–H groups in total. The molecule has 10 nitrogen and oxygen atoms in total. The normalized spacial score (nSPS) is 13.8. The SMILES string of the molecule is Cc1ncc(NC(=O)c2cc(CNCC(=O)OC(C)(C)C)cc(C(C)(C)C)c2)cc1N1C=C(C(=O)CCCC(C)(C)C)NN1. The van der Waals surface area contributed by atoms with Crippen LogP contribution in [0.3, 0.4) is 0 Å². The molecule has 0 spiro atoms. The van der Waals surface area contributed by atoms with Gasteiger partial charge in [0.2, 0.25) is 0 Å². The number of carbonyl (C=O) groups excluding carboxylic acids is 3. The number of amides is 1. The van der Waals surface area contributed by atoms with E-state index in [0.29, 0.717) is 35.6 Å². The van der Waals surface area contributed by atoms with Crippen LogP contribution in [0.2, 0.25) is 0 Å². The molecule has 1 aliphatic rings. The van der Waals surface area contributed by atoms with Gasteiger partial charge in [-0.15, -0.1) is 5.53 Å². The van der Waals surface area contributed by atoms with Crippen LogP contribution in [-0.2, 0) is 26.3 Å². The van der Waals surface area contributed by atoms with Crippen molar-refractivity contribution in [3.05, 3.63) is 64.7 Å². The molecule has 44 heavy (non-hydrogen) atoms. The highest BCUT2D eigenvalue weighted by Crippen LogP contribution is 2.27. The maximum atomic E-state index is 13.5. The van der Waals surface area contributed by atoms with Crippen molar-refractivity contribution in [2.24, 2.45) is 5.41 Å². The van der Waals surface area contributed by atoms with Gasteiger partial charge in [-0.25, -0.2) is 0 Å². The molecule has 1 aliphatic heterocycles. The van der Waals surface area contributed by atoms with Gasteiger partial charge in [0.05, 0.1) is 36.0 Å². The van der Waals surface area contributed by atoms with Gasteiger partial charge in [0.25, 0.3) is 5.91 Å². The average molecular weight is 607 g/mol. The molecule has 0 saturated carbocycles. The number of Topliss-reactive ketones (excluding diaryl/α,β-unsaturated/α-hetero) is 1. The van der Waals surface area contributed by atoms with Crippen molar-refractivity contribution in [3.63, 3.8) is 0 Å². The Bertz CT molecular complexity index is 1400. The first kappa shape index (κ1) is 34.7. The lowest BCUT2D eigenvalue weighted by Gasteiger charge is -2.22. The predicted molar refractivity (Wildman–Crippen MR) is 175 cm³/mol. The van der Waals surface area contributed by atoms with Gasteiger partial charge in [0.1, 0.15) is 11.3 Å². The van der Waals surface area contributed by atoms with E-state index >= 15 is 0 Å². The third-order valence-electron chi connectivity index (χ3n) is 6.92. The Labute approximate surface area is 262 Å². The third kappa shape index (κ3) is 10.7. The van der Waals surface area contributed by atoms with Gasteiger partial charge in [0, 0.05) is 18.5 Å². The maximum Gasteiger partial charge on any atom is 0.320 e. The molecule has 3 rings (SSSR count). The monoisotopic (exact) mass is 606 g/mol. The lowest BCUT2D eigenvalue weighted by molar-refractivity contribution is -0.153. The predicted octanol–water partition coefficient (Wildman–Crippen LogP) is 5.83. The van der Waals surface area contributed by atoms with Gasteiger partial charge in [0.15, 0.2) is 5.78 Å². The molecule has 10 heteroatoms. The summed E-state index contributed by atoms with van der Waals surface area (Å²) in [6.07, 6.45) is 5.58. The molecule has 0 aliphatic carbocycles. The van der Waals surface area contributed by atoms with Crippen LogP contribution in [0.4, 0.5) is 11.4 Å².